The van der Waals surface area contributed by atoms with Gasteiger partial charge in [-0.3, -0.25) is 9.59 Å². The van der Waals surface area contributed by atoms with E-state index in [0.717, 1.165) is 0 Å². The van der Waals surface area contributed by atoms with Crippen LogP contribution in [0.1, 0.15) is 30.6 Å². The molecule has 158 valence electrons. The summed E-state index contributed by atoms with van der Waals surface area (Å²) in [6.07, 6.45) is 0.0777. The summed E-state index contributed by atoms with van der Waals surface area (Å²) < 4.78 is 5.19. The number of benzene rings is 2. The molecular formula is C22H22Cl2N2O4. The minimum absolute atomic E-state index is 0.0777. The molecule has 0 bridgehead atoms. The zero-order valence-electron chi connectivity index (χ0n) is 16.7. The molecule has 1 heterocycles. The van der Waals surface area contributed by atoms with Gasteiger partial charge in [-0.05, 0) is 48.4 Å². The fraction of sp³-hybridized carbons (Fsp3) is 0.318. The average molecular weight is 449 g/mol. The third-order valence-electron chi connectivity index (χ3n) is 4.63. The van der Waals surface area contributed by atoms with Crippen molar-refractivity contribution in [3.8, 4) is 0 Å². The second-order valence-corrected chi connectivity index (χ2v) is 8.40. The van der Waals surface area contributed by atoms with Gasteiger partial charge in [-0.25, -0.2) is 4.79 Å². The topological polar surface area (TPSA) is 75.7 Å². The molecule has 0 radical (unpaired) electrons. The van der Waals surface area contributed by atoms with Crippen LogP contribution in [0.25, 0.3) is 0 Å². The second-order valence-electron chi connectivity index (χ2n) is 7.56. The SMILES string of the molecule is CC(C)COC(=O)c1ccc(NC(=O)[C@H]2CC(=O)N(c3cc(Cl)ccc3Cl)C2)cc1. The van der Waals surface area contributed by atoms with E-state index in [9.17, 15) is 14.4 Å². The molecule has 1 fully saturated rings. The van der Waals surface area contributed by atoms with Crippen molar-refractivity contribution in [2.75, 3.05) is 23.4 Å². The number of anilines is 2. The molecule has 1 N–H and O–H groups in total. The Bertz CT molecular complexity index is 960. The quantitative estimate of drug-likeness (QED) is 0.643. The van der Waals surface area contributed by atoms with Crippen LogP contribution in [0.2, 0.25) is 10.0 Å². The fourth-order valence-electron chi connectivity index (χ4n) is 3.07. The first kappa shape index (κ1) is 22.1. The van der Waals surface area contributed by atoms with Gasteiger partial charge in [-0.15, -0.1) is 0 Å². The van der Waals surface area contributed by atoms with Gasteiger partial charge in [-0.2, -0.15) is 0 Å². The molecule has 0 aromatic heterocycles. The summed E-state index contributed by atoms with van der Waals surface area (Å²) in [6, 6.07) is 11.3. The first-order valence-electron chi connectivity index (χ1n) is 9.58. The highest BCUT2D eigenvalue weighted by atomic mass is 35.5. The van der Waals surface area contributed by atoms with E-state index >= 15 is 0 Å². The fourth-order valence-corrected chi connectivity index (χ4v) is 3.45. The molecule has 0 aliphatic carbocycles. The molecule has 2 amide bonds. The summed E-state index contributed by atoms with van der Waals surface area (Å²) >= 11 is 12.2. The van der Waals surface area contributed by atoms with Crippen molar-refractivity contribution in [2.45, 2.75) is 20.3 Å². The van der Waals surface area contributed by atoms with Crippen LogP contribution in [0.4, 0.5) is 11.4 Å². The van der Waals surface area contributed by atoms with Crippen molar-refractivity contribution in [1.29, 1.82) is 0 Å². The van der Waals surface area contributed by atoms with Gasteiger partial charge in [0.15, 0.2) is 0 Å². The highest BCUT2D eigenvalue weighted by Gasteiger charge is 2.36. The highest BCUT2D eigenvalue weighted by molar-refractivity contribution is 6.36. The smallest absolute Gasteiger partial charge is 0.338 e. The van der Waals surface area contributed by atoms with Crippen molar-refractivity contribution >= 4 is 52.4 Å². The molecule has 1 saturated heterocycles. The van der Waals surface area contributed by atoms with Gasteiger partial charge in [0.2, 0.25) is 11.8 Å². The van der Waals surface area contributed by atoms with E-state index in [4.69, 9.17) is 27.9 Å². The van der Waals surface area contributed by atoms with Gasteiger partial charge >= 0.3 is 5.97 Å². The summed E-state index contributed by atoms with van der Waals surface area (Å²) in [6.45, 7) is 4.48. The molecule has 3 rings (SSSR count). The highest BCUT2D eigenvalue weighted by Crippen LogP contribution is 2.33. The Kier molecular flexibility index (Phi) is 7.00. The molecule has 2 aromatic carbocycles. The van der Waals surface area contributed by atoms with Crippen LogP contribution in [-0.2, 0) is 14.3 Å². The Labute approximate surface area is 185 Å². The minimum Gasteiger partial charge on any atom is -0.462 e. The van der Waals surface area contributed by atoms with Gasteiger partial charge in [-0.1, -0.05) is 37.0 Å². The van der Waals surface area contributed by atoms with Gasteiger partial charge in [0, 0.05) is 23.7 Å². The first-order valence-corrected chi connectivity index (χ1v) is 10.3. The Morgan fingerprint density at radius 3 is 2.53 bits per heavy atom. The predicted molar refractivity (Wildman–Crippen MR) is 117 cm³/mol. The van der Waals surface area contributed by atoms with Crippen molar-refractivity contribution < 1.29 is 19.1 Å². The predicted octanol–water partition coefficient (Wildman–Crippen LogP) is 4.80. The Hall–Kier alpha value is -2.57. The molecule has 6 nitrogen and oxygen atoms in total. The van der Waals surface area contributed by atoms with Crippen molar-refractivity contribution in [3.63, 3.8) is 0 Å². The third kappa shape index (κ3) is 5.32. The van der Waals surface area contributed by atoms with Crippen LogP contribution in [0.15, 0.2) is 42.5 Å². The van der Waals surface area contributed by atoms with E-state index < -0.39 is 11.9 Å². The molecule has 1 aliphatic heterocycles. The van der Waals surface area contributed by atoms with Crippen LogP contribution < -0.4 is 10.2 Å². The van der Waals surface area contributed by atoms with Crippen LogP contribution in [0.5, 0.6) is 0 Å². The van der Waals surface area contributed by atoms with E-state index in [0.29, 0.717) is 33.6 Å². The Morgan fingerprint density at radius 2 is 1.87 bits per heavy atom. The summed E-state index contributed by atoms with van der Waals surface area (Å²) in [7, 11) is 0. The van der Waals surface area contributed by atoms with Crippen LogP contribution >= 0.6 is 23.2 Å². The monoisotopic (exact) mass is 448 g/mol. The maximum atomic E-state index is 12.6. The number of esters is 1. The number of rotatable bonds is 6. The average Bonchev–Trinajstić information content (AvgIpc) is 3.10. The van der Waals surface area contributed by atoms with Crippen molar-refractivity contribution in [1.82, 2.24) is 0 Å². The van der Waals surface area contributed by atoms with Crippen LogP contribution in [0.3, 0.4) is 0 Å². The molecule has 8 heteroatoms. The lowest BCUT2D eigenvalue weighted by Crippen LogP contribution is -2.28. The van der Waals surface area contributed by atoms with E-state index in [1.54, 1.807) is 42.5 Å². The third-order valence-corrected chi connectivity index (χ3v) is 5.19. The summed E-state index contributed by atoms with van der Waals surface area (Å²) in [4.78, 5) is 38.5. The number of carbonyl (C=O) groups excluding carboxylic acids is 3. The van der Waals surface area contributed by atoms with Crippen molar-refractivity contribution in [2.24, 2.45) is 11.8 Å². The zero-order valence-corrected chi connectivity index (χ0v) is 18.2. The Balaban J connectivity index is 1.62. The first-order chi connectivity index (χ1) is 14.2. The molecule has 1 aliphatic rings. The molecule has 1 atom stereocenters. The molecule has 0 spiro atoms. The number of nitrogens with zero attached hydrogens (tertiary/aromatic N) is 1. The second kappa shape index (κ2) is 9.49. The number of halogens is 2. The zero-order chi connectivity index (χ0) is 21.8. The van der Waals surface area contributed by atoms with Crippen LogP contribution in [0, 0.1) is 11.8 Å². The lowest BCUT2D eigenvalue weighted by atomic mass is 10.1. The number of carbonyl (C=O) groups is 3. The lowest BCUT2D eigenvalue weighted by molar-refractivity contribution is -0.122. The minimum atomic E-state index is -0.525. The largest absolute Gasteiger partial charge is 0.462 e. The molecular weight excluding hydrogens is 427 g/mol. The van der Waals surface area contributed by atoms with Gasteiger partial charge in [0.25, 0.3) is 0 Å². The number of hydrogen-bond donors (Lipinski definition) is 1. The normalized spacial score (nSPS) is 16.1. The number of hydrogen-bond acceptors (Lipinski definition) is 4. The summed E-state index contributed by atoms with van der Waals surface area (Å²) in [5, 5.41) is 3.65. The molecule has 2 aromatic rings. The lowest BCUT2D eigenvalue weighted by Gasteiger charge is -2.18. The van der Waals surface area contributed by atoms with E-state index in [1.807, 2.05) is 13.8 Å². The maximum absolute atomic E-state index is 12.6. The Morgan fingerprint density at radius 1 is 1.17 bits per heavy atom. The summed E-state index contributed by atoms with van der Waals surface area (Å²) in [5.41, 5.74) is 1.44. The van der Waals surface area contributed by atoms with E-state index in [2.05, 4.69) is 5.32 Å². The van der Waals surface area contributed by atoms with E-state index in [-0.39, 0.29) is 30.7 Å². The molecule has 0 saturated carbocycles. The van der Waals surface area contributed by atoms with Crippen LogP contribution in [-0.4, -0.2) is 30.9 Å². The van der Waals surface area contributed by atoms with Gasteiger partial charge < -0.3 is 15.0 Å². The molecule has 30 heavy (non-hydrogen) atoms. The standard InChI is InChI=1S/C22H22Cl2N2O4/c1-13(2)12-30-22(29)14-3-6-17(7-4-14)25-21(28)15-9-20(27)26(11-15)19-10-16(23)5-8-18(19)24/h3-8,10,13,15H,9,11-12H2,1-2H3,(H,25,28)/t15-/m0/s1. The summed E-state index contributed by atoms with van der Waals surface area (Å²) in [5.74, 6) is -1.15. The molecule has 0 unspecified atom stereocenters. The number of ether oxygens (including phenoxy) is 1. The van der Waals surface area contributed by atoms with Gasteiger partial charge in [0.05, 0.1) is 28.8 Å². The maximum Gasteiger partial charge on any atom is 0.338 e. The number of nitrogens with one attached hydrogen (secondary N) is 1. The van der Waals surface area contributed by atoms with Crippen molar-refractivity contribution in [3.05, 3.63) is 58.1 Å². The van der Waals surface area contributed by atoms with Gasteiger partial charge in [0.1, 0.15) is 0 Å². The van der Waals surface area contributed by atoms with E-state index in [1.165, 1.54) is 4.90 Å². The number of amides is 2.